The Morgan fingerprint density at radius 1 is 1.29 bits per heavy atom. The number of halogens is 2. The lowest BCUT2D eigenvalue weighted by Crippen LogP contribution is -2.20. The third-order valence-electron chi connectivity index (χ3n) is 3.20. The number of rotatable bonds is 8. The molecule has 1 heterocycles. The second kappa shape index (κ2) is 7.73. The molecular formula is C15H20ClFN2O2. The van der Waals surface area contributed by atoms with E-state index < -0.39 is 0 Å². The maximum absolute atomic E-state index is 13.3. The average molecular weight is 315 g/mol. The van der Waals surface area contributed by atoms with Crippen molar-refractivity contribution < 1.29 is 13.9 Å². The summed E-state index contributed by atoms with van der Waals surface area (Å²) in [5, 5.41) is 0. The lowest BCUT2D eigenvalue weighted by molar-refractivity contribution is -0.140. The predicted octanol–water partition coefficient (Wildman–Crippen LogP) is 3.70. The smallest absolute Gasteiger partial charge is 0.159 e. The van der Waals surface area contributed by atoms with Gasteiger partial charge < -0.3 is 14.0 Å². The summed E-state index contributed by atoms with van der Waals surface area (Å²) in [5.74, 6) is 0.711. The second-order valence-corrected chi connectivity index (χ2v) is 4.84. The summed E-state index contributed by atoms with van der Waals surface area (Å²) in [6, 6.07) is 4.58. The van der Waals surface area contributed by atoms with Crippen molar-refractivity contribution in [3.05, 3.63) is 29.8 Å². The van der Waals surface area contributed by atoms with E-state index in [4.69, 9.17) is 21.1 Å². The molecule has 1 aromatic carbocycles. The largest absolute Gasteiger partial charge is 0.353 e. The molecule has 0 saturated heterocycles. The van der Waals surface area contributed by atoms with Crippen molar-refractivity contribution in [2.45, 2.75) is 39.0 Å². The number of hydrogen-bond donors (Lipinski definition) is 0. The maximum Gasteiger partial charge on any atom is 0.159 e. The molecule has 0 aliphatic rings. The van der Waals surface area contributed by atoms with Crippen LogP contribution < -0.4 is 0 Å². The van der Waals surface area contributed by atoms with Gasteiger partial charge in [-0.1, -0.05) is 0 Å². The third kappa shape index (κ3) is 3.93. The topological polar surface area (TPSA) is 36.3 Å². The van der Waals surface area contributed by atoms with Crippen LogP contribution in [0.3, 0.4) is 0 Å². The van der Waals surface area contributed by atoms with Gasteiger partial charge in [-0.25, -0.2) is 9.37 Å². The quantitative estimate of drug-likeness (QED) is 0.550. The highest BCUT2D eigenvalue weighted by Crippen LogP contribution is 2.20. The van der Waals surface area contributed by atoms with E-state index in [-0.39, 0.29) is 18.0 Å². The van der Waals surface area contributed by atoms with Crippen molar-refractivity contribution in [2.24, 2.45) is 0 Å². The van der Waals surface area contributed by atoms with Crippen molar-refractivity contribution in [3.8, 4) is 0 Å². The first-order valence-corrected chi connectivity index (χ1v) is 7.66. The minimum absolute atomic E-state index is 0.249. The van der Waals surface area contributed by atoms with Crippen LogP contribution in [0.4, 0.5) is 4.39 Å². The fraction of sp³-hybridized carbons (Fsp3) is 0.533. The van der Waals surface area contributed by atoms with Crippen molar-refractivity contribution in [2.75, 3.05) is 13.2 Å². The molecule has 0 aliphatic heterocycles. The van der Waals surface area contributed by atoms with Crippen LogP contribution in [0.1, 0.15) is 26.1 Å². The van der Waals surface area contributed by atoms with Gasteiger partial charge in [-0.05, 0) is 26.0 Å². The van der Waals surface area contributed by atoms with Crippen molar-refractivity contribution in [3.63, 3.8) is 0 Å². The van der Waals surface area contributed by atoms with Gasteiger partial charge in [0.05, 0.1) is 16.9 Å². The Morgan fingerprint density at radius 2 is 2.00 bits per heavy atom. The van der Waals surface area contributed by atoms with Gasteiger partial charge in [0, 0.05) is 32.2 Å². The number of benzene rings is 1. The molecule has 116 valence electrons. The number of aromatic nitrogens is 2. The summed E-state index contributed by atoms with van der Waals surface area (Å²) in [6.07, 6.45) is 0.440. The highest BCUT2D eigenvalue weighted by Gasteiger charge is 2.14. The van der Waals surface area contributed by atoms with Gasteiger partial charge in [-0.3, -0.25) is 0 Å². The fourth-order valence-corrected chi connectivity index (χ4v) is 2.53. The Kier molecular flexibility index (Phi) is 5.96. The van der Waals surface area contributed by atoms with Gasteiger partial charge in [0.15, 0.2) is 6.29 Å². The van der Waals surface area contributed by atoms with E-state index in [0.29, 0.717) is 31.7 Å². The van der Waals surface area contributed by atoms with Crippen LogP contribution in [0, 0.1) is 5.82 Å². The second-order valence-electron chi connectivity index (χ2n) is 4.58. The van der Waals surface area contributed by atoms with E-state index in [2.05, 4.69) is 4.98 Å². The van der Waals surface area contributed by atoms with Crippen LogP contribution in [0.5, 0.6) is 0 Å². The van der Waals surface area contributed by atoms with E-state index in [1.54, 1.807) is 6.07 Å². The summed E-state index contributed by atoms with van der Waals surface area (Å²) in [6.45, 7) is 5.73. The molecule has 2 aromatic rings. The Hall–Kier alpha value is -1.17. The number of ether oxygens (including phenoxy) is 2. The Bertz CT molecular complexity index is 582. The zero-order chi connectivity index (χ0) is 15.2. The summed E-state index contributed by atoms with van der Waals surface area (Å²) < 4.78 is 26.3. The van der Waals surface area contributed by atoms with Gasteiger partial charge >= 0.3 is 0 Å². The molecule has 0 atom stereocenters. The van der Waals surface area contributed by atoms with Crippen LogP contribution in [-0.2, 0) is 21.9 Å². The van der Waals surface area contributed by atoms with E-state index in [1.807, 2.05) is 18.4 Å². The zero-order valence-electron chi connectivity index (χ0n) is 12.3. The number of aryl methyl sites for hydroxylation is 1. The molecule has 0 saturated carbocycles. The number of hydrogen-bond acceptors (Lipinski definition) is 3. The van der Waals surface area contributed by atoms with E-state index in [1.165, 1.54) is 12.1 Å². The predicted molar refractivity (Wildman–Crippen MR) is 80.9 cm³/mol. The van der Waals surface area contributed by atoms with Crippen LogP contribution in [0.15, 0.2) is 18.2 Å². The van der Waals surface area contributed by atoms with E-state index >= 15 is 0 Å². The van der Waals surface area contributed by atoms with Gasteiger partial charge in [0.1, 0.15) is 11.6 Å². The molecule has 0 unspecified atom stereocenters. The average Bonchev–Trinajstić information content (AvgIpc) is 2.82. The molecule has 6 heteroatoms. The molecule has 21 heavy (non-hydrogen) atoms. The summed E-state index contributed by atoms with van der Waals surface area (Å²) in [5.41, 5.74) is 1.49. The third-order valence-corrected chi connectivity index (χ3v) is 3.44. The minimum atomic E-state index is -0.296. The van der Waals surface area contributed by atoms with Crippen molar-refractivity contribution in [1.29, 1.82) is 0 Å². The summed E-state index contributed by atoms with van der Waals surface area (Å²) in [7, 11) is 0. The molecule has 0 spiro atoms. The first-order chi connectivity index (χ1) is 10.2. The van der Waals surface area contributed by atoms with Crippen molar-refractivity contribution >= 4 is 22.6 Å². The standard InChI is InChI=1S/C15H20ClFN2O2/c1-3-20-15(21-4-2)7-8-19-13-6-5-11(17)9-12(13)18-14(19)10-16/h5-6,9,15H,3-4,7-8,10H2,1-2H3. The lowest BCUT2D eigenvalue weighted by atomic mass is 10.3. The highest BCUT2D eigenvalue weighted by molar-refractivity contribution is 6.16. The van der Waals surface area contributed by atoms with E-state index in [9.17, 15) is 4.39 Å². The highest BCUT2D eigenvalue weighted by atomic mass is 35.5. The number of fused-ring (bicyclic) bond motifs is 1. The minimum Gasteiger partial charge on any atom is -0.353 e. The molecule has 0 bridgehead atoms. The molecule has 0 N–H and O–H groups in total. The van der Waals surface area contributed by atoms with Crippen LogP contribution >= 0.6 is 11.6 Å². The van der Waals surface area contributed by atoms with Gasteiger partial charge in [-0.2, -0.15) is 0 Å². The molecule has 0 radical (unpaired) electrons. The van der Waals surface area contributed by atoms with E-state index in [0.717, 1.165) is 11.3 Å². The molecular weight excluding hydrogens is 295 g/mol. The lowest BCUT2D eigenvalue weighted by Gasteiger charge is -2.18. The maximum atomic E-state index is 13.3. The SMILES string of the molecule is CCOC(CCn1c(CCl)nc2cc(F)ccc21)OCC. The van der Waals surface area contributed by atoms with Gasteiger partial charge in [0.25, 0.3) is 0 Å². The van der Waals surface area contributed by atoms with Crippen LogP contribution in [0.2, 0.25) is 0 Å². The zero-order valence-corrected chi connectivity index (χ0v) is 13.1. The molecule has 1 aromatic heterocycles. The Balaban J connectivity index is 2.20. The molecule has 0 aliphatic carbocycles. The molecule has 0 fully saturated rings. The Labute approximate surface area is 128 Å². The van der Waals surface area contributed by atoms with Crippen LogP contribution in [-0.4, -0.2) is 29.1 Å². The summed E-state index contributed by atoms with van der Waals surface area (Å²) in [4.78, 5) is 4.37. The number of alkyl halides is 1. The molecule has 0 amide bonds. The van der Waals surface area contributed by atoms with Crippen molar-refractivity contribution in [1.82, 2.24) is 9.55 Å². The molecule has 4 nitrogen and oxygen atoms in total. The monoisotopic (exact) mass is 314 g/mol. The number of nitrogens with zero attached hydrogens (tertiary/aromatic N) is 2. The Morgan fingerprint density at radius 3 is 2.62 bits per heavy atom. The van der Waals surface area contributed by atoms with Crippen LogP contribution in [0.25, 0.3) is 11.0 Å². The normalized spacial score (nSPS) is 11.7. The number of imidazole rings is 1. The van der Waals surface area contributed by atoms with Gasteiger partial charge in [0.2, 0.25) is 0 Å². The molecule has 2 rings (SSSR count). The fourth-order valence-electron chi connectivity index (χ4n) is 2.33. The summed E-state index contributed by atoms with van der Waals surface area (Å²) >= 11 is 5.94. The van der Waals surface area contributed by atoms with Gasteiger partial charge in [-0.15, -0.1) is 11.6 Å². The first-order valence-electron chi connectivity index (χ1n) is 7.13. The first kappa shape index (κ1) is 16.2.